The van der Waals surface area contributed by atoms with Gasteiger partial charge in [0.2, 0.25) is 0 Å². The second-order valence-electron chi connectivity index (χ2n) is 4.79. The molecule has 1 heterocycles. The van der Waals surface area contributed by atoms with Gasteiger partial charge in [-0.1, -0.05) is 20.8 Å². The quantitative estimate of drug-likeness (QED) is 0.489. The van der Waals surface area contributed by atoms with Crippen LogP contribution in [0.4, 0.5) is 0 Å². The van der Waals surface area contributed by atoms with Gasteiger partial charge in [-0.15, -0.1) is 0 Å². The topological polar surface area (TPSA) is 43.4 Å². The van der Waals surface area contributed by atoms with E-state index in [9.17, 15) is 9.59 Å². The third kappa shape index (κ3) is 1.50. The van der Waals surface area contributed by atoms with Crippen LogP contribution in [-0.4, -0.2) is 11.8 Å². The van der Waals surface area contributed by atoms with Gasteiger partial charge in [0.1, 0.15) is 5.76 Å². The van der Waals surface area contributed by atoms with Crippen molar-refractivity contribution in [3.05, 3.63) is 11.3 Å². The summed E-state index contributed by atoms with van der Waals surface area (Å²) in [5.41, 5.74) is 1.15. The van der Waals surface area contributed by atoms with E-state index in [1.807, 2.05) is 6.92 Å². The van der Waals surface area contributed by atoms with Crippen LogP contribution in [0.2, 0.25) is 0 Å². The van der Waals surface area contributed by atoms with Crippen molar-refractivity contribution in [3.63, 3.8) is 0 Å². The number of esters is 1. The van der Waals surface area contributed by atoms with Gasteiger partial charge in [-0.25, -0.2) is 4.79 Å². The van der Waals surface area contributed by atoms with Gasteiger partial charge in [0.25, 0.3) is 5.78 Å². The van der Waals surface area contributed by atoms with Crippen LogP contribution in [0.25, 0.3) is 0 Å². The molecule has 0 amide bonds. The van der Waals surface area contributed by atoms with Gasteiger partial charge >= 0.3 is 5.97 Å². The van der Waals surface area contributed by atoms with Crippen molar-refractivity contribution in [1.29, 1.82) is 0 Å². The third-order valence-electron chi connectivity index (χ3n) is 3.42. The molecule has 15 heavy (non-hydrogen) atoms. The number of hydrogen-bond acceptors (Lipinski definition) is 3. The summed E-state index contributed by atoms with van der Waals surface area (Å²) >= 11 is 0. The Morgan fingerprint density at radius 3 is 2.60 bits per heavy atom. The van der Waals surface area contributed by atoms with Crippen LogP contribution in [0.15, 0.2) is 11.3 Å². The Bertz CT molecular complexity index is 352. The summed E-state index contributed by atoms with van der Waals surface area (Å²) in [5.74, 6) is -0.0465. The summed E-state index contributed by atoms with van der Waals surface area (Å²) in [7, 11) is 0. The first-order valence-electron chi connectivity index (χ1n) is 5.51. The van der Waals surface area contributed by atoms with Crippen LogP contribution < -0.4 is 0 Å². The van der Waals surface area contributed by atoms with E-state index in [2.05, 4.69) is 13.8 Å². The number of hydrogen-bond donors (Lipinski definition) is 0. The lowest BCUT2D eigenvalue weighted by Gasteiger charge is -2.27. The Morgan fingerprint density at radius 1 is 1.33 bits per heavy atom. The van der Waals surface area contributed by atoms with Crippen molar-refractivity contribution >= 4 is 11.8 Å². The van der Waals surface area contributed by atoms with Gasteiger partial charge in [0, 0.05) is 0 Å². The van der Waals surface area contributed by atoms with E-state index in [-0.39, 0.29) is 17.6 Å². The van der Waals surface area contributed by atoms with Crippen molar-refractivity contribution in [2.24, 2.45) is 17.8 Å². The fraction of sp³-hybridized carbons (Fsp3) is 0.667. The monoisotopic (exact) mass is 208 g/mol. The maximum atomic E-state index is 11.6. The summed E-state index contributed by atoms with van der Waals surface area (Å²) in [6.45, 7) is 6.17. The number of carbonyl (C=O) groups is 2. The van der Waals surface area contributed by atoms with Gasteiger partial charge in [0.15, 0.2) is 0 Å². The highest BCUT2D eigenvalue weighted by Crippen LogP contribution is 2.42. The Balaban J connectivity index is 2.45. The highest BCUT2D eigenvalue weighted by Gasteiger charge is 2.46. The molecule has 2 atom stereocenters. The summed E-state index contributed by atoms with van der Waals surface area (Å²) in [5, 5.41) is 0. The van der Waals surface area contributed by atoms with E-state index < -0.39 is 5.97 Å². The van der Waals surface area contributed by atoms with Gasteiger partial charge in [-0.05, 0) is 30.3 Å². The van der Waals surface area contributed by atoms with Crippen molar-refractivity contribution in [1.82, 2.24) is 0 Å². The van der Waals surface area contributed by atoms with E-state index in [0.717, 1.165) is 18.4 Å². The zero-order chi connectivity index (χ0) is 11.2. The largest absolute Gasteiger partial charge is 0.425 e. The number of ketones is 1. The van der Waals surface area contributed by atoms with Crippen molar-refractivity contribution in [2.45, 2.75) is 33.6 Å². The van der Waals surface area contributed by atoms with E-state index in [1.165, 1.54) is 0 Å². The van der Waals surface area contributed by atoms with E-state index in [4.69, 9.17) is 4.74 Å². The minimum atomic E-state index is -0.665. The molecule has 82 valence electrons. The maximum Gasteiger partial charge on any atom is 0.380 e. The fourth-order valence-corrected chi connectivity index (χ4v) is 2.49. The van der Waals surface area contributed by atoms with Gasteiger partial charge in [-0.2, -0.15) is 0 Å². The van der Waals surface area contributed by atoms with Crippen molar-refractivity contribution in [2.75, 3.05) is 0 Å². The van der Waals surface area contributed by atoms with Gasteiger partial charge in [0.05, 0.1) is 5.92 Å². The SMILES string of the molecule is CC(C)C1=C2OC(=O)C(=O)C2[C@H](C)CC1. The highest BCUT2D eigenvalue weighted by atomic mass is 16.6. The normalized spacial score (nSPS) is 30.9. The summed E-state index contributed by atoms with van der Waals surface area (Å²) in [6.07, 6.45) is 1.93. The molecule has 2 rings (SSSR count). The molecule has 3 heteroatoms. The molecular weight excluding hydrogens is 192 g/mol. The third-order valence-corrected chi connectivity index (χ3v) is 3.42. The molecule has 0 aromatic rings. The van der Waals surface area contributed by atoms with E-state index >= 15 is 0 Å². The Labute approximate surface area is 89.5 Å². The molecule has 0 N–H and O–H groups in total. The molecule has 0 aromatic carbocycles. The molecule has 0 spiro atoms. The molecule has 3 nitrogen and oxygen atoms in total. The molecule has 0 bridgehead atoms. The van der Waals surface area contributed by atoms with Crippen molar-refractivity contribution in [3.8, 4) is 0 Å². The second-order valence-corrected chi connectivity index (χ2v) is 4.79. The minimum Gasteiger partial charge on any atom is -0.425 e. The van der Waals surface area contributed by atoms with Crippen LogP contribution in [0.5, 0.6) is 0 Å². The Morgan fingerprint density at radius 2 is 2.00 bits per heavy atom. The first-order chi connectivity index (χ1) is 7.02. The lowest BCUT2D eigenvalue weighted by Crippen LogP contribution is -2.25. The average Bonchev–Trinajstić information content (AvgIpc) is 2.44. The van der Waals surface area contributed by atoms with Crippen LogP contribution >= 0.6 is 0 Å². The molecule has 1 aliphatic heterocycles. The Kier molecular flexibility index (Phi) is 2.41. The molecule has 2 aliphatic rings. The molecule has 0 radical (unpaired) electrons. The second kappa shape index (κ2) is 3.47. The standard InChI is InChI=1S/C12H16O3/c1-6(2)8-5-4-7(3)9-10(13)12(14)15-11(8)9/h6-7,9H,4-5H2,1-3H3/t7-,9?/m1/s1. The number of allylic oxidation sites excluding steroid dienone is 2. The molecule has 0 saturated carbocycles. The lowest BCUT2D eigenvalue weighted by atomic mass is 9.76. The van der Waals surface area contributed by atoms with Crippen LogP contribution in [-0.2, 0) is 14.3 Å². The number of ether oxygens (including phenoxy) is 1. The fourth-order valence-electron chi connectivity index (χ4n) is 2.49. The summed E-state index contributed by atoms with van der Waals surface area (Å²) < 4.78 is 5.11. The number of rotatable bonds is 1. The maximum absolute atomic E-state index is 11.6. The number of Topliss-reactive ketones (excluding diaryl/α,β-unsaturated/α-hetero) is 1. The first kappa shape index (κ1) is 10.4. The predicted octanol–water partition coefficient (Wildman–Crippen LogP) is 2.07. The summed E-state index contributed by atoms with van der Waals surface area (Å²) in [6, 6.07) is 0. The first-order valence-corrected chi connectivity index (χ1v) is 5.51. The molecule has 1 aliphatic carbocycles. The minimum absolute atomic E-state index is 0.237. The van der Waals surface area contributed by atoms with Crippen molar-refractivity contribution < 1.29 is 14.3 Å². The van der Waals surface area contributed by atoms with Gasteiger partial charge in [-0.3, -0.25) is 4.79 Å². The smallest absolute Gasteiger partial charge is 0.380 e. The van der Waals surface area contributed by atoms with E-state index in [1.54, 1.807) is 0 Å². The average molecular weight is 208 g/mol. The number of carbonyl (C=O) groups excluding carboxylic acids is 2. The molecule has 0 aromatic heterocycles. The molecule has 1 fully saturated rings. The zero-order valence-corrected chi connectivity index (χ0v) is 9.37. The van der Waals surface area contributed by atoms with Crippen LogP contribution in [0.3, 0.4) is 0 Å². The number of fused-ring (bicyclic) bond motifs is 1. The Hall–Kier alpha value is -1.12. The van der Waals surface area contributed by atoms with Gasteiger partial charge < -0.3 is 4.74 Å². The molecule has 1 saturated heterocycles. The molecular formula is C12H16O3. The van der Waals surface area contributed by atoms with E-state index in [0.29, 0.717) is 11.7 Å². The van der Waals surface area contributed by atoms with Crippen LogP contribution in [0, 0.1) is 17.8 Å². The summed E-state index contributed by atoms with van der Waals surface area (Å²) in [4.78, 5) is 22.9. The highest BCUT2D eigenvalue weighted by molar-refractivity contribution is 6.37. The lowest BCUT2D eigenvalue weighted by molar-refractivity contribution is -0.146. The molecule has 1 unspecified atom stereocenters. The predicted molar refractivity (Wildman–Crippen MR) is 54.9 cm³/mol. The van der Waals surface area contributed by atoms with Crippen LogP contribution in [0.1, 0.15) is 33.6 Å². The zero-order valence-electron chi connectivity index (χ0n) is 9.37.